The van der Waals surface area contributed by atoms with Gasteiger partial charge in [0.05, 0.1) is 16.1 Å². The maximum absolute atomic E-state index is 12.1. The number of hydrogen-bond acceptors (Lipinski definition) is 1. The van der Waals surface area contributed by atoms with Crippen LogP contribution in [0.2, 0.25) is 5.02 Å². The number of rotatable bonds is 4. The highest BCUT2D eigenvalue weighted by molar-refractivity contribution is 9.10. The molecule has 0 aromatic heterocycles. The minimum atomic E-state index is -0.412. The lowest BCUT2D eigenvalue weighted by molar-refractivity contribution is 0.0912. The first-order valence-electron chi connectivity index (χ1n) is 5.26. The van der Waals surface area contributed by atoms with Crippen molar-refractivity contribution < 1.29 is 4.79 Å². The molecule has 0 heterocycles. The number of alkyl halides is 1. The van der Waals surface area contributed by atoms with E-state index < -0.39 is 5.54 Å². The van der Waals surface area contributed by atoms with Gasteiger partial charge >= 0.3 is 0 Å². The van der Waals surface area contributed by atoms with E-state index in [0.717, 1.165) is 6.42 Å². The van der Waals surface area contributed by atoms with Gasteiger partial charge in [-0.2, -0.15) is 0 Å². The highest BCUT2D eigenvalue weighted by Crippen LogP contribution is 2.26. The monoisotopic (exact) mass is 337 g/mol. The second-order valence-corrected chi connectivity index (χ2v) is 5.60. The predicted molar refractivity (Wildman–Crippen MR) is 76.0 cm³/mol. The molecule has 1 N–H and O–H groups in total. The van der Waals surface area contributed by atoms with E-state index in [4.69, 9.17) is 23.2 Å². The second-order valence-electron chi connectivity index (χ2n) is 4.10. The highest BCUT2D eigenvalue weighted by atomic mass is 79.9. The Morgan fingerprint density at radius 3 is 2.71 bits per heavy atom. The number of halogens is 3. The number of benzene rings is 1. The van der Waals surface area contributed by atoms with Crippen LogP contribution < -0.4 is 5.32 Å². The molecule has 17 heavy (non-hydrogen) atoms. The molecule has 0 fully saturated rings. The summed E-state index contributed by atoms with van der Waals surface area (Å²) < 4.78 is 0.705. The first kappa shape index (κ1) is 14.8. The van der Waals surface area contributed by atoms with Crippen LogP contribution in [0.15, 0.2) is 22.7 Å². The summed E-state index contributed by atoms with van der Waals surface area (Å²) in [7, 11) is 0. The van der Waals surface area contributed by atoms with Crippen LogP contribution in [0.4, 0.5) is 0 Å². The van der Waals surface area contributed by atoms with E-state index in [1.807, 2.05) is 13.8 Å². The van der Waals surface area contributed by atoms with Crippen molar-refractivity contribution in [2.24, 2.45) is 0 Å². The zero-order chi connectivity index (χ0) is 13.1. The summed E-state index contributed by atoms with van der Waals surface area (Å²) in [5, 5.41) is 3.32. The van der Waals surface area contributed by atoms with Crippen molar-refractivity contribution in [1.29, 1.82) is 0 Å². The number of nitrogens with one attached hydrogen (secondary N) is 1. The molecule has 0 aliphatic rings. The molecule has 0 saturated heterocycles. The van der Waals surface area contributed by atoms with E-state index in [1.165, 1.54) is 0 Å². The third-order valence-electron chi connectivity index (χ3n) is 2.69. The predicted octanol–water partition coefficient (Wildman–Crippen LogP) is 4.24. The van der Waals surface area contributed by atoms with E-state index in [2.05, 4.69) is 21.2 Å². The van der Waals surface area contributed by atoms with Gasteiger partial charge in [-0.15, -0.1) is 11.6 Å². The lowest BCUT2D eigenvalue weighted by atomic mass is 10.0. The van der Waals surface area contributed by atoms with Crippen LogP contribution in [0.25, 0.3) is 0 Å². The Morgan fingerprint density at radius 1 is 1.53 bits per heavy atom. The maximum atomic E-state index is 12.1. The summed E-state index contributed by atoms with van der Waals surface area (Å²) in [5.41, 5.74) is 0.0374. The number of carbonyl (C=O) groups is 1. The molecule has 94 valence electrons. The molecule has 1 amide bonds. The summed E-state index contributed by atoms with van der Waals surface area (Å²) in [6, 6.07) is 5.25. The van der Waals surface area contributed by atoms with Crippen LogP contribution >= 0.6 is 39.1 Å². The Bertz CT molecular complexity index is 419. The number of amides is 1. The standard InChI is InChI=1S/C12H14BrCl2NO/c1-3-12(2,7-14)16-11(17)8-5-4-6-9(13)10(8)15/h4-6H,3,7H2,1-2H3,(H,16,17). The number of hydrogen-bond donors (Lipinski definition) is 1. The van der Waals surface area contributed by atoms with Crippen LogP contribution in [-0.4, -0.2) is 17.3 Å². The van der Waals surface area contributed by atoms with Crippen molar-refractivity contribution in [2.75, 3.05) is 5.88 Å². The number of carbonyl (C=O) groups excluding carboxylic acids is 1. The van der Waals surface area contributed by atoms with Crippen LogP contribution in [0.5, 0.6) is 0 Å². The van der Waals surface area contributed by atoms with Gasteiger partial charge in [0, 0.05) is 10.4 Å². The van der Waals surface area contributed by atoms with Crippen molar-refractivity contribution >= 4 is 45.0 Å². The van der Waals surface area contributed by atoms with Gasteiger partial charge in [-0.05, 0) is 41.4 Å². The molecule has 1 rings (SSSR count). The van der Waals surface area contributed by atoms with Crippen molar-refractivity contribution in [3.63, 3.8) is 0 Å². The van der Waals surface area contributed by atoms with E-state index in [1.54, 1.807) is 18.2 Å². The maximum Gasteiger partial charge on any atom is 0.253 e. The Morgan fingerprint density at radius 2 is 2.18 bits per heavy atom. The van der Waals surface area contributed by atoms with E-state index in [-0.39, 0.29) is 5.91 Å². The van der Waals surface area contributed by atoms with E-state index in [9.17, 15) is 4.79 Å². The third kappa shape index (κ3) is 3.60. The van der Waals surface area contributed by atoms with Gasteiger partial charge < -0.3 is 5.32 Å². The second kappa shape index (κ2) is 6.07. The first-order valence-corrected chi connectivity index (χ1v) is 6.96. The average Bonchev–Trinajstić information content (AvgIpc) is 2.32. The Kier molecular flexibility index (Phi) is 5.29. The molecule has 0 spiro atoms. The summed E-state index contributed by atoms with van der Waals surface area (Å²) in [6.07, 6.45) is 0.758. The fraction of sp³-hybridized carbons (Fsp3) is 0.417. The molecule has 0 bridgehead atoms. The summed E-state index contributed by atoms with van der Waals surface area (Å²) in [4.78, 5) is 12.1. The fourth-order valence-corrected chi connectivity index (χ4v) is 2.07. The summed E-state index contributed by atoms with van der Waals surface area (Å²) in [5.74, 6) is 0.155. The van der Waals surface area contributed by atoms with Gasteiger partial charge in [0.1, 0.15) is 0 Å². The Balaban J connectivity index is 2.94. The molecular weight excluding hydrogens is 325 g/mol. The van der Waals surface area contributed by atoms with Crippen LogP contribution in [-0.2, 0) is 0 Å². The molecule has 0 aliphatic carbocycles. The van der Waals surface area contributed by atoms with Gasteiger partial charge in [0.15, 0.2) is 0 Å². The molecule has 0 aliphatic heterocycles. The molecule has 0 radical (unpaired) electrons. The quantitative estimate of drug-likeness (QED) is 0.817. The SMILES string of the molecule is CCC(C)(CCl)NC(=O)c1cccc(Br)c1Cl. The Labute approximate surface area is 120 Å². The van der Waals surface area contributed by atoms with Gasteiger partial charge in [0.25, 0.3) is 5.91 Å². The smallest absolute Gasteiger partial charge is 0.253 e. The molecule has 0 saturated carbocycles. The van der Waals surface area contributed by atoms with Crippen molar-refractivity contribution in [1.82, 2.24) is 5.32 Å². The lowest BCUT2D eigenvalue weighted by Gasteiger charge is -2.27. The lowest BCUT2D eigenvalue weighted by Crippen LogP contribution is -2.47. The van der Waals surface area contributed by atoms with Crippen molar-refractivity contribution in [2.45, 2.75) is 25.8 Å². The molecule has 2 nitrogen and oxygen atoms in total. The van der Waals surface area contributed by atoms with Gasteiger partial charge in [0.2, 0.25) is 0 Å². The summed E-state index contributed by atoms with van der Waals surface area (Å²) in [6.45, 7) is 3.88. The minimum Gasteiger partial charge on any atom is -0.346 e. The van der Waals surface area contributed by atoms with E-state index in [0.29, 0.717) is 20.9 Å². The van der Waals surface area contributed by atoms with Gasteiger partial charge in [-0.3, -0.25) is 4.79 Å². The molecule has 5 heteroatoms. The van der Waals surface area contributed by atoms with Gasteiger partial charge in [-0.25, -0.2) is 0 Å². The molecule has 1 aromatic rings. The van der Waals surface area contributed by atoms with Crippen molar-refractivity contribution in [3.05, 3.63) is 33.3 Å². The van der Waals surface area contributed by atoms with Crippen LogP contribution in [0.3, 0.4) is 0 Å². The molecule has 1 aromatic carbocycles. The molecule has 1 unspecified atom stereocenters. The highest BCUT2D eigenvalue weighted by Gasteiger charge is 2.24. The zero-order valence-electron chi connectivity index (χ0n) is 9.69. The largest absolute Gasteiger partial charge is 0.346 e. The zero-order valence-corrected chi connectivity index (χ0v) is 12.8. The minimum absolute atomic E-state index is 0.207. The molecule has 1 atom stereocenters. The average molecular weight is 339 g/mol. The molecular formula is C12H14BrCl2NO. The van der Waals surface area contributed by atoms with Crippen molar-refractivity contribution in [3.8, 4) is 0 Å². The topological polar surface area (TPSA) is 29.1 Å². The normalized spacial score (nSPS) is 14.2. The third-order valence-corrected chi connectivity index (χ3v) is 4.57. The van der Waals surface area contributed by atoms with Crippen LogP contribution in [0.1, 0.15) is 30.6 Å². The fourth-order valence-electron chi connectivity index (χ4n) is 1.24. The van der Waals surface area contributed by atoms with Gasteiger partial charge in [-0.1, -0.05) is 24.6 Å². The Hall–Kier alpha value is -0.250. The summed E-state index contributed by atoms with van der Waals surface area (Å²) >= 11 is 15.2. The first-order chi connectivity index (χ1) is 7.93. The van der Waals surface area contributed by atoms with E-state index >= 15 is 0 Å². The van der Waals surface area contributed by atoms with Crippen LogP contribution in [0, 0.1) is 0 Å².